The lowest BCUT2D eigenvalue weighted by molar-refractivity contribution is 0.236. The van der Waals surface area contributed by atoms with Crippen LogP contribution in [0, 0.1) is 0 Å². The van der Waals surface area contributed by atoms with E-state index < -0.39 is 0 Å². The van der Waals surface area contributed by atoms with Gasteiger partial charge < -0.3 is 10.6 Å². The highest BCUT2D eigenvalue weighted by molar-refractivity contribution is 9.10. The maximum absolute atomic E-state index is 12.2. The van der Waals surface area contributed by atoms with E-state index in [1.165, 1.54) is 11.1 Å². The zero-order valence-corrected chi connectivity index (χ0v) is 15.6. The molecule has 3 rings (SSSR count). The molecule has 1 aromatic carbocycles. The first kappa shape index (κ1) is 16.9. The predicted octanol–water partition coefficient (Wildman–Crippen LogP) is 2.68. The smallest absolute Gasteiger partial charge is 0.315 e. The number of tetrazole rings is 1. The maximum Gasteiger partial charge on any atom is 0.315 e. The molecule has 0 spiro atoms. The van der Waals surface area contributed by atoms with Gasteiger partial charge in [-0.1, -0.05) is 28.1 Å². The maximum atomic E-state index is 12.2. The number of hydrogen-bond donors (Lipinski definition) is 2. The van der Waals surface area contributed by atoms with E-state index in [9.17, 15) is 4.79 Å². The third kappa shape index (κ3) is 3.58. The normalized spacial score (nSPS) is 16.8. The standard InChI is InChI=1S/C16H21BrN6O/c1-16(2,3)23-21-14(20-22-23)9-18-15(24)19-13-8-7-10-11(13)5-4-6-12(10)17/h4-6,13H,7-9H2,1-3H3,(H2,18,19,24). The number of rotatable bonds is 3. The largest absolute Gasteiger partial charge is 0.331 e. The van der Waals surface area contributed by atoms with Crippen LogP contribution in [0.3, 0.4) is 0 Å². The van der Waals surface area contributed by atoms with E-state index in [0.29, 0.717) is 5.82 Å². The molecule has 1 aliphatic carbocycles. The number of amides is 2. The Bertz CT molecular complexity index is 751. The molecule has 0 radical (unpaired) electrons. The van der Waals surface area contributed by atoms with E-state index in [1.807, 2.05) is 32.9 Å². The van der Waals surface area contributed by atoms with Gasteiger partial charge in [-0.2, -0.15) is 4.80 Å². The molecular weight excluding hydrogens is 372 g/mol. The molecular formula is C16H21BrN6O. The third-order valence-corrected chi connectivity index (χ3v) is 4.72. The number of benzene rings is 1. The van der Waals surface area contributed by atoms with Crippen molar-refractivity contribution in [3.05, 3.63) is 39.6 Å². The van der Waals surface area contributed by atoms with Crippen molar-refractivity contribution >= 4 is 22.0 Å². The highest BCUT2D eigenvalue weighted by Crippen LogP contribution is 2.35. The van der Waals surface area contributed by atoms with Gasteiger partial charge >= 0.3 is 6.03 Å². The molecule has 0 bridgehead atoms. The van der Waals surface area contributed by atoms with E-state index >= 15 is 0 Å². The molecule has 2 aromatic rings. The number of carbonyl (C=O) groups is 1. The number of fused-ring (bicyclic) bond motifs is 1. The molecule has 24 heavy (non-hydrogen) atoms. The molecule has 2 amide bonds. The Kier molecular flexibility index (Phi) is 4.58. The van der Waals surface area contributed by atoms with Crippen LogP contribution in [0.15, 0.2) is 22.7 Å². The highest BCUT2D eigenvalue weighted by atomic mass is 79.9. The first-order chi connectivity index (χ1) is 11.3. The second-order valence-electron chi connectivity index (χ2n) is 6.89. The predicted molar refractivity (Wildman–Crippen MR) is 93.4 cm³/mol. The van der Waals surface area contributed by atoms with Gasteiger partial charge in [0.15, 0.2) is 5.82 Å². The molecule has 0 saturated carbocycles. The van der Waals surface area contributed by atoms with Crippen LogP contribution in [-0.2, 0) is 18.5 Å². The molecule has 1 unspecified atom stereocenters. The molecule has 128 valence electrons. The number of carbonyl (C=O) groups excluding carboxylic acids is 1. The van der Waals surface area contributed by atoms with Crippen molar-refractivity contribution < 1.29 is 4.79 Å². The summed E-state index contributed by atoms with van der Waals surface area (Å²) in [5, 5.41) is 18.1. The lowest BCUT2D eigenvalue weighted by Crippen LogP contribution is -2.37. The SMILES string of the molecule is CC(C)(C)n1nnc(CNC(=O)NC2CCc3c(Br)cccc32)n1. The number of aromatic nitrogens is 4. The van der Waals surface area contributed by atoms with E-state index in [1.54, 1.807) is 4.80 Å². The first-order valence-corrected chi connectivity index (χ1v) is 8.75. The van der Waals surface area contributed by atoms with Crippen LogP contribution >= 0.6 is 15.9 Å². The van der Waals surface area contributed by atoms with Gasteiger partial charge in [-0.15, -0.1) is 10.2 Å². The summed E-state index contributed by atoms with van der Waals surface area (Å²) in [5.41, 5.74) is 2.22. The third-order valence-electron chi connectivity index (χ3n) is 3.98. The molecule has 0 aliphatic heterocycles. The van der Waals surface area contributed by atoms with Gasteiger partial charge in [0.25, 0.3) is 0 Å². The fourth-order valence-electron chi connectivity index (χ4n) is 2.73. The minimum atomic E-state index is -0.228. The van der Waals surface area contributed by atoms with E-state index in [2.05, 4.69) is 48.0 Å². The van der Waals surface area contributed by atoms with Gasteiger partial charge in [-0.25, -0.2) is 4.79 Å². The minimum absolute atomic E-state index is 0.0377. The lowest BCUT2D eigenvalue weighted by atomic mass is 10.1. The Morgan fingerprint density at radius 1 is 1.42 bits per heavy atom. The fraction of sp³-hybridized carbons (Fsp3) is 0.500. The van der Waals surface area contributed by atoms with Gasteiger partial charge in [-0.3, -0.25) is 0 Å². The van der Waals surface area contributed by atoms with Crippen molar-refractivity contribution in [1.82, 2.24) is 30.8 Å². The molecule has 1 atom stereocenters. The van der Waals surface area contributed by atoms with Crippen molar-refractivity contribution in [1.29, 1.82) is 0 Å². The van der Waals surface area contributed by atoms with E-state index in [4.69, 9.17) is 0 Å². The van der Waals surface area contributed by atoms with Crippen LogP contribution in [0.25, 0.3) is 0 Å². The molecule has 0 fully saturated rings. The van der Waals surface area contributed by atoms with Crippen molar-refractivity contribution in [3.8, 4) is 0 Å². The van der Waals surface area contributed by atoms with Crippen LogP contribution in [0.2, 0.25) is 0 Å². The molecule has 1 aromatic heterocycles. The monoisotopic (exact) mass is 392 g/mol. The first-order valence-electron chi connectivity index (χ1n) is 7.95. The van der Waals surface area contributed by atoms with Crippen molar-refractivity contribution in [2.75, 3.05) is 0 Å². The Labute approximate surface area is 149 Å². The summed E-state index contributed by atoms with van der Waals surface area (Å²) in [4.78, 5) is 13.7. The summed E-state index contributed by atoms with van der Waals surface area (Å²) in [5.74, 6) is 0.495. The summed E-state index contributed by atoms with van der Waals surface area (Å²) in [7, 11) is 0. The van der Waals surface area contributed by atoms with Crippen LogP contribution < -0.4 is 10.6 Å². The topological polar surface area (TPSA) is 84.7 Å². The Hall–Kier alpha value is -1.96. The fourth-order valence-corrected chi connectivity index (χ4v) is 3.31. The second kappa shape index (κ2) is 6.51. The van der Waals surface area contributed by atoms with Gasteiger partial charge in [0.1, 0.15) is 0 Å². The second-order valence-corrected chi connectivity index (χ2v) is 7.75. The van der Waals surface area contributed by atoms with Crippen LogP contribution in [-0.4, -0.2) is 26.2 Å². The van der Waals surface area contributed by atoms with Crippen molar-refractivity contribution in [3.63, 3.8) is 0 Å². The zero-order valence-electron chi connectivity index (χ0n) is 14.0. The number of halogens is 1. The highest BCUT2D eigenvalue weighted by Gasteiger charge is 2.25. The van der Waals surface area contributed by atoms with E-state index in [-0.39, 0.29) is 24.2 Å². The summed E-state index contributed by atoms with van der Waals surface area (Å²) in [6.07, 6.45) is 1.87. The number of nitrogens with zero attached hydrogens (tertiary/aromatic N) is 4. The van der Waals surface area contributed by atoms with Crippen LogP contribution in [0.5, 0.6) is 0 Å². The average molecular weight is 393 g/mol. The summed E-state index contributed by atoms with van der Waals surface area (Å²) < 4.78 is 1.10. The van der Waals surface area contributed by atoms with Gasteiger partial charge in [0.05, 0.1) is 18.1 Å². The lowest BCUT2D eigenvalue weighted by Gasteiger charge is -2.15. The van der Waals surface area contributed by atoms with Crippen LogP contribution in [0.1, 0.15) is 50.2 Å². The Morgan fingerprint density at radius 2 is 2.21 bits per heavy atom. The van der Waals surface area contributed by atoms with E-state index in [0.717, 1.165) is 17.3 Å². The number of hydrogen-bond acceptors (Lipinski definition) is 4. The summed E-state index contributed by atoms with van der Waals surface area (Å²) >= 11 is 3.57. The van der Waals surface area contributed by atoms with Gasteiger partial charge in [0, 0.05) is 4.47 Å². The van der Waals surface area contributed by atoms with Crippen LogP contribution in [0.4, 0.5) is 4.79 Å². The summed E-state index contributed by atoms with van der Waals surface area (Å²) in [6.45, 7) is 6.23. The molecule has 7 nitrogen and oxygen atoms in total. The Balaban J connectivity index is 1.56. The molecule has 2 N–H and O–H groups in total. The van der Waals surface area contributed by atoms with Gasteiger partial charge in [-0.05, 0) is 56.0 Å². The Morgan fingerprint density at radius 3 is 2.92 bits per heavy atom. The quantitative estimate of drug-likeness (QED) is 0.840. The van der Waals surface area contributed by atoms with Crippen molar-refractivity contribution in [2.24, 2.45) is 0 Å². The molecule has 1 aliphatic rings. The zero-order chi connectivity index (χ0) is 17.3. The average Bonchev–Trinajstić information content (AvgIpc) is 3.13. The van der Waals surface area contributed by atoms with Gasteiger partial charge in [0.2, 0.25) is 0 Å². The number of urea groups is 1. The molecule has 1 heterocycles. The van der Waals surface area contributed by atoms with Crippen molar-refractivity contribution in [2.45, 2.75) is 51.7 Å². The number of nitrogens with one attached hydrogen (secondary N) is 2. The summed E-state index contributed by atoms with van der Waals surface area (Å²) in [6, 6.07) is 5.91. The minimum Gasteiger partial charge on any atom is -0.331 e. The molecule has 0 saturated heterocycles. The molecule has 8 heteroatoms.